The number of nitrogens with one attached hydrogen (secondary N) is 2. The standard InChI is InChI=1S/C24H28N4O3/c1-4-31-19-10-8-18(9-11-19)20-14-21-24(30)27(12-13-28(21)26-20)15-22(29)25-23-16(2)6-5-7-17(23)3/h5-13,20-21,26H,4,14-15H2,1-3H3,(H,25,29). The summed E-state index contributed by atoms with van der Waals surface area (Å²) in [6, 6.07) is 13.5. The van der Waals surface area contributed by atoms with Gasteiger partial charge in [-0.05, 0) is 56.0 Å². The molecule has 1 fully saturated rings. The zero-order chi connectivity index (χ0) is 22.0. The molecule has 2 aliphatic heterocycles. The van der Waals surface area contributed by atoms with Crippen LogP contribution in [0.1, 0.15) is 36.1 Å². The van der Waals surface area contributed by atoms with Crippen molar-refractivity contribution in [2.24, 2.45) is 0 Å². The van der Waals surface area contributed by atoms with Crippen molar-refractivity contribution in [1.29, 1.82) is 0 Å². The molecular weight excluding hydrogens is 392 g/mol. The maximum Gasteiger partial charge on any atom is 0.251 e. The SMILES string of the molecule is CCOc1ccc(C2CC3C(=O)N(CC(=O)Nc4c(C)cccc4C)C=CN3N2)cc1. The first-order valence-corrected chi connectivity index (χ1v) is 10.6. The topological polar surface area (TPSA) is 73.9 Å². The molecule has 2 heterocycles. The number of hydrazine groups is 1. The van der Waals surface area contributed by atoms with E-state index in [4.69, 9.17) is 4.74 Å². The Kier molecular flexibility index (Phi) is 5.95. The minimum absolute atomic E-state index is 0.0127. The number of anilines is 1. The highest BCUT2D eigenvalue weighted by atomic mass is 16.5. The second kappa shape index (κ2) is 8.81. The molecule has 2 aromatic rings. The Morgan fingerprint density at radius 3 is 2.52 bits per heavy atom. The first kappa shape index (κ1) is 20.9. The van der Waals surface area contributed by atoms with Crippen molar-refractivity contribution < 1.29 is 14.3 Å². The lowest BCUT2D eigenvalue weighted by Gasteiger charge is -2.31. The van der Waals surface area contributed by atoms with Gasteiger partial charge in [-0.2, -0.15) is 0 Å². The molecule has 2 aliphatic rings. The van der Waals surface area contributed by atoms with E-state index in [2.05, 4.69) is 10.7 Å². The number of rotatable bonds is 6. The Labute approximate surface area is 182 Å². The summed E-state index contributed by atoms with van der Waals surface area (Å²) in [4.78, 5) is 27.1. The number of nitrogens with zero attached hydrogens (tertiary/aromatic N) is 2. The average Bonchev–Trinajstić information content (AvgIpc) is 3.19. The van der Waals surface area contributed by atoms with E-state index in [-0.39, 0.29) is 30.4 Å². The van der Waals surface area contributed by atoms with Gasteiger partial charge >= 0.3 is 0 Å². The maximum absolute atomic E-state index is 13.0. The Morgan fingerprint density at radius 2 is 1.84 bits per heavy atom. The lowest BCUT2D eigenvalue weighted by atomic mass is 10.0. The molecule has 0 radical (unpaired) electrons. The Balaban J connectivity index is 1.39. The molecule has 2 aromatic carbocycles. The van der Waals surface area contributed by atoms with Crippen LogP contribution in [0.3, 0.4) is 0 Å². The number of aryl methyl sites for hydroxylation is 2. The zero-order valence-electron chi connectivity index (χ0n) is 18.1. The van der Waals surface area contributed by atoms with E-state index in [1.807, 2.05) is 74.4 Å². The van der Waals surface area contributed by atoms with Crippen LogP contribution in [0.25, 0.3) is 0 Å². The van der Waals surface area contributed by atoms with Crippen LogP contribution in [0.15, 0.2) is 54.9 Å². The van der Waals surface area contributed by atoms with E-state index >= 15 is 0 Å². The van der Waals surface area contributed by atoms with Gasteiger partial charge in [0, 0.05) is 18.1 Å². The molecule has 2 unspecified atom stereocenters. The second-order valence-corrected chi connectivity index (χ2v) is 7.92. The normalized spacial score (nSPS) is 20.0. The third-order valence-electron chi connectivity index (χ3n) is 5.73. The fourth-order valence-corrected chi connectivity index (χ4v) is 4.09. The molecular formula is C24H28N4O3. The fourth-order valence-electron chi connectivity index (χ4n) is 4.09. The molecule has 2 N–H and O–H groups in total. The van der Waals surface area contributed by atoms with Crippen LogP contribution in [0.2, 0.25) is 0 Å². The highest BCUT2D eigenvalue weighted by molar-refractivity contribution is 5.97. The van der Waals surface area contributed by atoms with Crippen molar-refractivity contribution in [1.82, 2.24) is 15.3 Å². The first-order valence-electron chi connectivity index (χ1n) is 10.6. The number of para-hydroxylation sites is 1. The molecule has 31 heavy (non-hydrogen) atoms. The first-order chi connectivity index (χ1) is 15.0. The van der Waals surface area contributed by atoms with Gasteiger partial charge in [-0.25, -0.2) is 5.43 Å². The van der Waals surface area contributed by atoms with Gasteiger partial charge in [0.2, 0.25) is 5.91 Å². The summed E-state index contributed by atoms with van der Waals surface area (Å²) in [6.45, 7) is 6.48. The molecule has 2 atom stereocenters. The molecule has 0 bridgehead atoms. The molecule has 7 heteroatoms. The minimum atomic E-state index is -0.338. The molecule has 7 nitrogen and oxygen atoms in total. The molecule has 4 rings (SSSR count). The number of carbonyl (C=O) groups is 2. The van der Waals surface area contributed by atoms with Crippen LogP contribution in [-0.4, -0.2) is 40.9 Å². The zero-order valence-corrected chi connectivity index (χ0v) is 18.1. The number of ether oxygens (including phenoxy) is 1. The highest BCUT2D eigenvalue weighted by Gasteiger charge is 2.40. The average molecular weight is 421 g/mol. The quantitative estimate of drug-likeness (QED) is 0.750. The summed E-state index contributed by atoms with van der Waals surface area (Å²) >= 11 is 0. The van der Waals surface area contributed by atoms with E-state index in [0.29, 0.717) is 13.0 Å². The number of hydrogen-bond acceptors (Lipinski definition) is 5. The van der Waals surface area contributed by atoms with Crippen molar-refractivity contribution >= 4 is 17.5 Å². The van der Waals surface area contributed by atoms with Crippen LogP contribution < -0.4 is 15.5 Å². The molecule has 1 saturated heterocycles. The molecule has 0 spiro atoms. The summed E-state index contributed by atoms with van der Waals surface area (Å²) in [5.41, 5.74) is 7.28. The van der Waals surface area contributed by atoms with Crippen molar-refractivity contribution in [3.8, 4) is 5.75 Å². The second-order valence-electron chi connectivity index (χ2n) is 7.92. The summed E-state index contributed by atoms with van der Waals surface area (Å²) in [6.07, 6.45) is 4.12. The monoisotopic (exact) mass is 420 g/mol. The molecule has 162 valence electrons. The van der Waals surface area contributed by atoms with E-state index in [0.717, 1.165) is 28.1 Å². The largest absolute Gasteiger partial charge is 0.494 e. The third kappa shape index (κ3) is 4.41. The summed E-state index contributed by atoms with van der Waals surface area (Å²) in [7, 11) is 0. The Morgan fingerprint density at radius 1 is 1.13 bits per heavy atom. The van der Waals surface area contributed by atoms with Crippen LogP contribution in [-0.2, 0) is 9.59 Å². The van der Waals surface area contributed by atoms with E-state index in [1.165, 1.54) is 4.90 Å². The van der Waals surface area contributed by atoms with Gasteiger partial charge in [0.1, 0.15) is 18.3 Å². The lowest BCUT2D eigenvalue weighted by Crippen LogP contribution is -2.49. The predicted molar refractivity (Wildman–Crippen MR) is 119 cm³/mol. The fraction of sp³-hybridized carbons (Fsp3) is 0.333. The van der Waals surface area contributed by atoms with Gasteiger partial charge in [-0.3, -0.25) is 9.59 Å². The van der Waals surface area contributed by atoms with Crippen LogP contribution in [0.4, 0.5) is 5.69 Å². The van der Waals surface area contributed by atoms with E-state index in [1.54, 1.807) is 6.20 Å². The van der Waals surface area contributed by atoms with Gasteiger partial charge in [0.25, 0.3) is 5.91 Å². The minimum Gasteiger partial charge on any atom is -0.494 e. The van der Waals surface area contributed by atoms with Gasteiger partial charge in [-0.1, -0.05) is 30.3 Å². The lowest BCUT2D eigenvalue weighted by molar-refractivity contribution is -0.137. The summed E-state index contributed by atoms with van der Waals surface area (Å²) < 4.78 is 5.50. The third-order valence-corrected chi connectivity index (χ3v) is 5.73. The molecule has 0 saturated carbocycles. The number of benzene rings is 2. The Hall–Kier alpha value is -3.32. The van der Waals surface area contributed by atoms with Gasteiger partial charge in [0.05, 0.1) is 12.6 Å². The predicted octanol–water partition coefficient (Wildman–Crippen LogP) is 3.27. The number of fused-ring (bicyclic) bond motifs is 1. The molecule has 0 aliphatic carbocycles. The van der Waals surface area contributed by atoms with Crippen LogP contribution in [0.5, 0.6) is 5.75 Å². The van der Waals surface area contributed by atoms with Crippen LogP contribution >= 0.6 is 0 Å². The van der Waals surface area contributed by atoms with Crippen molar-refractivity contribution in [2.45, 2.75) is 39.3 Å². The number of amides is 2. The van der Waals surface area contributed by atoms with Gasteiger partial charge in [-0.15, -0.1) is 0 Å². The smallest absolute Gasteiger partial charge is 0.251 e. The summed E-state index contributed by atoms with van der Waals surface area (Å²) in [5, 5.41) is 4.79. The number of carbonyl (C=O) groups excluding carboxylic acids is 2. The number of hydrogen-bond donors (Lipinski definition) is 2. The van der Waals surface area contributed by atoms with E-state index in [9.17, 15) is 9.59 Å². The van der Waals surface area contributed by atoms with Gasteiger partial charge in [0.15, 0.2) is 0 Å². The molecule has 0 aromatic heterocycles. The van der Waals surface area contributed by atoms with Gasteiger partial charge < -0.3 is 20.0 Å². The Bertz CT molecular complexity index is 982. The van der Waals surface area contributed by atoms with Crippen LogP contribution in [0, 0.1) is 13.8 Å². The van der Waals surface area contributed by atoms with E-state index < -0.39 is 0 Å². The highest BCUT2D eigenvalue weighted by Crippen LogP contribution is 2.31. The van der Waals surface area contributed by atoms with Crippen molar-refractivity contribution in [3.63, 3.8) is 0 Å². The summed E-state index contributed by atoms with van der Waals surface area (Å²) in [5.74, 6) is 0.539. The molecule has 2 amide bonds. The van der Waals surface area contributed by atoms with Crippen molar-refractivity contribution in [2.75, 3.05) is 18.5 Å². The maximum atomic E-state index is 13.0. The van der Waals surface area contributed by atoms with Crippen molar-refractivity contribution in [3.05, 3.63) is 71.6 Å².